The average molecular weight is 1590 g/mol. The molecule has 0 heterocycles. The first kappa shape index (κ1) is 105. The van der Waals surface area contributed by atoms with E-state index in [-0.39, 0.29) is 57.9 Å². The average Bonchev–Trinajstić information content (AvgIpc) is 0.729. The highest BCUT2D eigenvalue weighted by atomic mass is 16.6. The summed E-state index contributed by atoms with van der Waals surface area (Å²) in [5, 5.41) is 44.6. The van der Waals surface area contributed by atoms with Crippen molar-refractivity contribution >= 4 is 48.4 Å². The van der Waals surface area contributed by atoms with Gasteiger partial charge in [-0.3, -0.25) is 34.1 Å². The summed E-state index contributed by atoms with van der Waals surface area (Å²) in [4.78, 5) is 124. The molecule has 652 valence electrons. The third-order valence-corrected chi connectivity index (χ3v) is 18.6. The highest BCUT2D eigenvalue weighted by Gasteiger charge is 2.60. The third kappa shape index (κ3) is 46.5. The van der Waals surface area contributed by atoms with E-state index in [0.717, 1.165) is 51.4 Å². The molecule has 0 saturated carbocycles. The van der Waals surface area contributed by atoms with Crippen LogP contribution in [0.4, 0.5) is 28.8 Å². The molecule has 0 radical (unpaired) electrons. The van der Waals surface area contributed by atoms with Crippen LogP contribution in [-0.4, -0.2) is 228 Å². The molecule has 0 aliphatic heterocycles. The van der Waals surface area contributed by atoms with Crippen molar-refractivity contribution < 1.29 is 87.2 Å². The van der Waals surface area contributed by atoms with Crippen molar-refractivity contribution in [3.63, 3.8) is 0 Å². The number of aliphatic hydroxyl groups is 4. The number of carbonyl (C=O) groups excluding carboxylic acids is 8. The Kier molecular flexibility index (Phi) is 50.8. The number of nitrogens with one attached hydrogen (secondary N) is 2. The normalized spacial score (nSPS) is 14.5. The van der Waals surface area contributed by atoms with Gasteiger partial charge in [0.2, 0.25) is 11.7 Å². The fraction of sp³-hybridized carbons (Fsp3) is 0.906. The number of nitrogens with zero attached hydrogens (tertiary/aromatic N) is 6. The summed E-state index contributed by atoms with van der Waals surface area (Å²) in [5.74, 6) is -3.91. The van der Waals surface area contributed by atoms with Crippen LogP contribution in [0.2, 0.25) is 0 Å². The lowest BCUT2D eigenvalue weighted by Gasteiger charge is -2.58. The van der Waals surface area contributed by atoms with Gasteiger partial charge in [0.05, 0.1) is 6.10 Å². The second-order valence-electron chi connectivity index (χ2n) is 36.5. The Morgan fingerprint density at radius 3 is 1.13 bits per heavy atom. The summed E-state index contributed by atoms with van der Waals surface area (Å²) in [6.07, 6.45) is 17.8. The maximum absolute atomic E-state index is 15.6. The van der Waals surface area contributed by atoms with Crippen LogP contribution in [0.5, 0.6) is 0 Å². The fourth-order valence-corrected chi connectivity index (χ4v) is 13.2. The van der Waals surface area contributed by atoms with Gasteiger partial charge in [0.15, 0.2) is 6.10 Å². The van der Waals surface area contributed by atoms with Crippen molar-refractivity contribution in [1.29, 1.82) is 0 Å². The monoisotopic (exact) mass is 1590 g/mol. The molecular formula is C85H164N8O18. The molecule has 26 nitrogen and oxygen atoms in total. The van der Waals surface area contributed by atoms with Gasteiger partial charge in [-0.05, 0) is 189 Å². The lowest BCUT2D eigenvalue weighted by molar-refractivity contribution is -0.177. The van der Waals surface area contributed by atoms with E-state index in [1.54, 1.807) is 132 Å². The highest BCUT2D eigenvalue weighted by molar-refractivity contribution is 5.81. The molecule has 0 saturated heterocycles. The molecule has 7 atom stereocenters. The van der Waals surface area contributed by atoms with Crippen LogP contribution < -0.4 is 10.6 Å². The van der Waals surface area contributed by atoms with E-state index >= 15 is 19.2 Å². The van der Waals surface area contributed by atoms with Crippen molar-refractivity contribution in [2.24, 2.45) is 5.92 Å². The molecule has 0 aliphatic carbocycles. The Labute approximate surface area is 672 Å². The lowest BCUT2D eigenvalue weighted by atomic mass is 9.88. The van der Waals surface area contributed by atoms with Gasteiger partial charge in [0.25, 0.3) is 5.91 Å². The van der Waals surface area contributed by atoms with Crippen molar-refractivity contribution in [2.75, 3.05) is 59.9 Å². The zero-order chi connectivity index (χ0) is 85.0. The van der Waals surface area contributed by atoms with Gasteiger partial charge in [0, 0.05) is 72.2 Å². The summed E-state index contributed by atoms with van der Waals surface area (Å²) >= 11 is 0. The minimum atomic E-state index is -2.14. The number of hydrogen-bond donors (Lipinski definition) is 6. The Balaban J connectivity index is 6.60. The first-order valence-electron chi connectivity index (χ1n) is 42.7. The van der Waals surface area contributed by atoms with Gasteiger partial charge in [-0.1, -0.05) is 168 Å². The minimum absolute atomic E-state index is 0.0148. The molecule has 0 aromatic rings. The van der Waals surface area contributed by atoms with Gasteiger partial charge >= 0.3 is 36.6 Å². The lowest BCUT2D eigenvalue weighted by Crippen LogP contribution is -2.77. The number of carbonyl (C=O) groups is 8. The van der Waals surface area contributed by atoms with Gasteiger partial charge in [0.1, 0.15) is 52.0 Å². The second kappa shape index (κ2) is 53.5. The molecule has 6 N–H and O–H groups in total. The Hall–Kier alpha value is -5.60. The van der Waals surface area contributed by atoms with Crippen LogP contribution in [0.1, 0.15) is 364 Å². The molecule has 0 bridgehead atoms. The predicted octanol–water partition coefficient (Wildman–Crippen LogP) is 17.9. The molecule has 26 heteroatoms. The highest BCUT2D eigenvalue weighted by Crippen LogP contribution is 2.41. The first-order chi connectivity index (χ1) is 51.5. The van der Waals surface area contributed by atoms with Gasteiger partial charge < -0.3 is 64.4 Å². The van der Waals surface area contributed by atoms with Crippen LogP contribution in [-0.2, 0) is 38.0 Å². The van der Waals surface area contributed by atoms with Crippen LogP contribution in [0.15, 0.2) is 0 Å². The van der Waals surface area contributed by atoms with Crippen molar-refractivity contribution in [1.82, 2.24) is 40.0 Å². The van der Waals surface area contributed by atoms with Gasteiger partial charge in [-0.2, -0.15) is 0 Å². The quantitative estimate of drug-likeness (QED) is 0.0187. The summed E-state index contributed by atoms with van der Waals surface area (Å²) in [6, 6.07) is 0. The third-order valence-electron chi connectivity index (χ3n) is 18.6. The smallest absolute Gasteiger partial charge is 0.413 e. The SMILES string of the molecule is CCCCN(C(=O)OC(C)(C)C)C(C(CCCCCCNC(=O)CCCCCCCCCCCCCCCCCCCCCCCNC(=O)[C@H](O)[C@@H](O)[C@H](O)[C@@H](C)O)CN(CCCC(N(C)C(=O)OC(C)(C)C)N(CCC)C(=O)OC(C)(C)C)C(=O)OC(C)(C)C)(N(C)C(=O)OC(C)(C)C)N(CCC)C(=O)OC(C)(C)C. The topological polar surface area (TPSA) is 316 Å². The molecule has 111 heavy (non-hydrogen) atoms. The van der Waals surface area contributed by atoms with E-state index in [1.807, 2.05) is 20.8 Å². The Morgan fingerprint density at radius 1 is 0.360 bits per heavy atom. The number of aliphatic hydroxyl groups excluding tert-OH is 4. The minimum Gasteiger partial charge on any atom is -0.444 e. The largest absolute Gasteiger partial charge is 0.444 e. The Bertz CT molecular complexity index is 2610. The molecule has 0 spiro atoms. The summed E-state index contributed by atoms with van der Waals surface area (Å²) in [7, 11) is 3.08. The zero-order valence-electron chi connectivity index (χ0n) is 74.4. The molecule has 0 fully saturated rings. The van der Waals surface area contributed by atoms with Crippen molar-refractivity contribution in [3.8, 4) is 0 Å². The van der Waals surface area contributed by atoms with Crippen LogP contribution in [0.3, 0.4) is 0 Å². The Morgan fingerprint density at radius 2 is 0.721 bits per heavy atom. The van der Waals surface area contributed by atoms with E-state index in [4.69, 9.17) is 28.4 Å². The molecule has 0 aromatic heterocycles. The number of hydrogen-bond acceptors (Lipinski definition) is 18. The summed E-state index contributed by atoms with van der Waals surface area (Å²) in [6.45, 7) is 39.3. The molecule has 0 aliphatic rings. The number of ether oxygens (including phenoxy) is 6. The number of rotatable bonds is 54. The van der Waals surface area contributed by atoms with E-state index < -0.39 is 118 Å². The molecule has 0 rings (SSSR count). The summed E-state index contributed by atoms with van der Waals surface area (Å²) < 4.78 is 37.0. The van der Waals surface area contributed by atoms with E-state index in [0.29, 0.717) is 70.9 Å². The van der Waals surface area contributed by atoms with Gasteiger partial charge in [-0.15, -0.1) is 0 Å². The molecular weight excluding hydrogens is 1420 g/mol. The number of amides is 8. The van der Waals surface area contributed by atoms with E-state index in [2.05, 4.69) is 10.6 Å². The van der Waals surface area contributed by atoms with E-state index in [9.17, 15) is 39.6 Å². The zero-order valence-corrected chi connectivity index (χ0v) is 74.4. The van der Waals surface area contributed by atoms with Crippen LogP contribution >= 0.6 is 0 Å². The van der Waals surface area contributed by atoms with Crippen LogP contribution in [0.25, 0.3) is 0 Å². The maximum Gasteiger partial charge on any atom is 0.413 e. The summed E-state index contributed by atoms with van der Waals surface area (Å²) in [5.41, 5.74) is -5.97. The van der Waals surface area contributed by atoms with Gasteiger partial charge in [-0.25, -0.2) is 28.8 Å². The van der Waals surface area contributed by atoms with Crippen molar-refractivity contribution in [2.45, 2.75) is 434 Å². The second-order valence-corrected chi connectivity index (χ2v) is 36.5. The number of unbranched alkanes of at least 4 members (excludes halogenated alkanes) is 24. The molecule has 3 unspecified atom stereocenters. The first-order valence-corrected chi connectivity index (χ1v) is 42.7. The molecule has 8 amide bonds. The molecule has 0 aromatic carbocycles. The van der Waals surface area contributed by atoms with Crippen molar-refractivity contribution in [3.05, 3.63) is 0 Å². The standard InChI is InChI=1S/C85H164N8O18/c1-25-28-63-93(78(105)111-84(20,21)22)85(89(24)74(101)107-80(8,9)10,92(61-27-3)77(104)110-83(17,18)19)66(64-90(75(102)108-81(11,12)13)62-54-57-68(88(23)73(100)106-79(5,6)7)91(60-26-2)76(103)109-82(14,15)16)55-50-47-49-52-58-86-67(95)56-51-46-44-42-40-38-36-34-32-30-29-31-33-35-37-39-41-43-45-48-53-59-87-72(99)71(98)70(97)69(96)65(4)94/h65-66,68-71,94,96-98H,25-64H2,1-24H3,(H,86,95)(H,87,99)/t65-,66?,68?,69-,70+,71-,85?/m1/s1. The fourth-order valence-electron chi connectivity index (χ4n) is 13.2. The maximum atomic E-state index is 15.6. The van der Waals surface area contributed by atoms with E-state index in [1.165, 1.54) is 127 Å². The predicted molar refractivity (Wildman–Crippen MR) is 440 cm³/mol. The van der Waals surface area contributed by atoms with Crippen LogP contribution in [0, 0.1) is 5.92 Å².